The van der Waals surface area contributed by atoms with Gasteiger partial charge in [0.25, 0.3) is 0 Å². The third kappa shape index (κ3) is 4.14. The van der Waals surface area contributed by atoms with Gasteiger partial charge >= 0.3 is 0 Å². The van der Waals surface area contributed by atoms with Crippen molar-refractivity contribution in [2.75, 3.05) is 0 Å². The highest BCUT2D eigenvalue weighted by Gasteiger charge is 2.11. The van der Waals surface area contributed by atoms with Gasteiger partial charge in [-0.1, -0.05) is 67.6 Å². The van der Waals surface area contributed by atoms with E-state index in [1.54, 1.807) is 0 Å². The second-order valence-electron chi connectivity index (χ2n) is 6.58. The monoisotopic (exact) mass is 357 g/mol. The minimum absolute atomic E-state index is 0.509. The first-order valence-corrected chi connectivity index (χ1v) is 9.31. The fraction of sp³-hybridized carbons (Fsp3) is 0.167. The average molecular weight is 357 g/mol. The van der Waals surface area contributed by atoms with Crippen molar-refractivity contribution in [3.63, 3.8) is 0 Å². The first kappa shape index (κ1) is 17.2. The van der Waals surface area contributed by atoms with Crippen LogP contribution >= 0.6 is 0 Å². The number of aryl methyl sites for hydroxylation is 1. The van der Waals surface area contributed by atoms with E-state index in [1.165, 1.54) is 5.69 Å². The van der Waals surface area contributed by atoms with E-state index in [0.717, 1.165) is 39.9 Å². The van der Waals surface area contributed by atoms with Gasteiger partial charge in [-0.15, -0.1) is 0 Å². The molecule has 0 aliphatic heterocycles. The molecule has 1 N–H and O–H groups in total. The molecule has 1 heterocycles. The van der Waals surface area contributed by atoms with Gasteiger partial charge in [-0.05, 0) is 29.7 Å². The summed E-state index contributed by atoms with van der Waals surface area (Å²) >= 11 is 0. The Morgan fingerprint density at radius 2 is 1.26 bits per heavy atom. The Kier molecular flexibility index (Phi) is 5.10. The number of fused-ring (bicyclic) bond motifs is 1. The molecule has 3 nitrogen and oxygen atoms in total. The van der Waals surface area contributed by atoms with Gasteiger partial charge in [0.2, 0.25) is 0 Å². The lowest BCUT2D eigenvalue weighted by Gasteiger charge is -2.13. The Morgan fingerprint density at radius 3 is 1.81 bits per heavy atom. The lowest BCUT2D eigenvalue weighted by Crippen LogP contribution is -2.00. The molecule has 0 saturated heterocycles. The van der Waals surface area contributed by atoms with Crippen LogP contribution in [0.25, 0.3) is 10.9 Å². The number of benzene rings is 3. The maximum atomic E-state index is 6.12. The molecule has 0 aliphatic rings. The van der Waals surface area contributed by atoms with E-state index >= 15 is 0 Å². The maximum absolute atomic E-state index is 6.12. The van der Waals surface area contributed by atoms with Crippen LogP contribution < -0.4 is 9.47 Å². The maximum Gasteiger partial charge on any atom is 0.163 e. The normalized spacial score (nSPS) is 10.9. The fourth-order valence-corrected chi connectivity index (χ4v) is 3.09. The summed E-state index contributed by atoms with van der Waals surface area (Å²) in [6.07, 6.45) is 0.967. The molecule has 0 aliphatic carbocycles. The van der Waals surface area contributed by atoms with E-state index in [9.17, 15) is 0 Å². The Bertz CT molecular complexity index is 926. The highest BCUT2D eigenvalue weighted by molar-refractivity contribution is 5.84. The van der Waals surface area contributed by atoms with Crippen LogP contribution in [0.15, 0.2) is 78.9 Å². The second kappa shape index (κ2) is 8.00. The Hall–Kier alpha value is -3.20. The van der Waals surface area contributed by atoms with Crippen LogP contribution in [0, 0.1) is 0 Å². The van der Waals surface area contributed by atoms with Gasteiger partial charge < -0.3 is 14.5 Å². The number of hydrogen-bond donors (Lipinski definition) is 1. The van der Waals surface area contributed by atoms with Crippen molar-refractivity contribution in [2.24, 2.45) is 0 Å². The van der Waals surface area contributed by atoms with E-state index in [0.29, 0.717) is 13.2 Å². The topological polar surface area (TPSA) is 34.2 Å². The van der Waals surface area contributed by atoms with Gasteiger partial charge in [-0.2, -0.15) is 0 Å². The summed E-state index contributed by atoms with van der Waals surface area (Å²) in [7, 11) is 0. The summed E-state index contributed by atoms with van der Waals surface area (Å²) in [5, 5.41) is 1.14. The minimum atomic E-state index is 0.509. The van der Waals surface area contributed by atoms with E-state index in [2.05, 4.69) is 48.3 Å². The molecule has 0 amide bonds. The lowest BCUT2D eigenvalue weighted by atomic mass is 10.2. The molecule has 0 unspecified atom stereocenters. The fourth-order valence-electron chi connectivity index (χ4n) is 3.09. The molecular formula is C24H23NO2. The summed E-state index contributed by atoms with van der Waals surface area (Å²) in [6.45, 7) is 3.17. The van der Waals surface area contributed by atoms with Gasteiger partial charge in [0.1, 0.15) is 13.2 Å². The van der Waals surface area contributed by atoms with Gasteiger partial charge in [-0.25, -0.2) is 0 Å². The van der Waals surface area contributed by atoms with Crippen molar-refractivity contribution >= 4 is 10.9 Å². The average Bonchev–Trinajstić information content (AvgIpc) is 3.14. The highest BCUT2D eigenvalue weighted by Crippen LogP contribution is 2.34. The van der Waals surface area contributed by atoms with Crippen molar-refractivity contribution in [1.82, 2.24) is 4.98 Å². The molecule has 4 rings (SSSR count). The number of ether oxygens (including phenoxy) is 2. The molecule has 0 fully saturated rings. The van der Waals surface area contributed by atoms with Crippen LogP contribution in [0.5, 0.6) is 11.5 Å². The molecular weight excluding hydrogens is 334 g/mol. The lowest BCUT2D eigenvalue weighted by molar-refractivity contribution is 0.256. The van der Waals surface area contributed by atoms with Crippen molar-refractivity contribution in [3.8, 4) is 11.5 Å². The molecule has 3 heteroatoms. The molecule has 136 valence electrons. The second-order valence-corrected chi connectivity index (χ2v) is 6.58. The van der Waals surface area contributed by atoms with E-state index in [-0.39, 0.29) is 0 Å². The summed E-state index contributed by atoms with van der Waals surface area (Å²) in [6, 6.07) is 26.6. The molecule has 27 heavy (non-hydrogen) atoms. The first-order valence-electron chi connectivity index (χ1n) is 9.31. The molecule has 0 saturated carbocycles. The largest absolute Gasteiger partial charge is 0.485 e. The first-order chi connectivity index (χ1) is 13.3. The SMILES string of the molecule is CCc1cc2cc(OCc3ccccc3)c(OCc3ccccc3)cc2[nH]1. The molecule has 4 aromatic rings. The zero-order valence-corrected chi connectivity index (χ0v) is 15.4. The summed E-state index contributed by atoms with van der Waals surface area (Å²) in [5.74, 6) is 1.52. The molecule has 0 atom stereocenters. The molecule has 3 aromatic carbocycles. The van der Waals surface area contributed by atoms with Crippen LogP contribution in [0.4, 0.5) is 0 Å². The third-order valence-corrected chi connectivity index (χ3v) is 4.60. The van der Waals surface area contributed by atoms with Gasteiger partial charge in [0.05, 0.1) is 0 Å². The van der Waals surface area contributed by atoms with Crippen LogP contribution in [0.1, 0.15) is 23.7 Å². The van der Waals surface area contributed by atoms with Crippen LogP contribution in [-0.4, -0.2) is 4.98 Å². The minimum Gasteiger partial charge on any atom is -0.485 e. The van der Waals surface area contributed by atoms with Gasteiger partial charge in [0.15, 0.2) is 11.5 Å². The third-order valence-electron chi connectivity index (χ3n) is 4.60. The Morgan fingerprint density at radius 1 is 0.704 bits per heavy atom. The van der Waals surface area contributed by atoms with Crippen LogP contribution in [0.3, 0.4) is 0 Å². The number of hydrogen-bond acceptors (Lipinski definition) is 2. The summed E-state index contributed by atoms with van der Waals surface area (Å²) in [4.78, 5) is 3.45. The zero-order valence-electron chi connectivity index (χ0n) is 15.4. The van der Waals surface area contributed by atoms with Gasteiger partial charge in [0, 0.05) is 22.7 Å². The highest BCUT2D eigenvalue weighted by atomic mass is 16.5. The van der Waals surface area contributed by atoms with Crippen LogP contribution in [0.2, 0.25) is 0 Å². The molecule has 0 bridgehead atoms. The molecule has 0 radical (unpaired) electrons. The van der Waals surface area contributed by atoms with Crippen molar-refractivity contribution in [2.45, 2.75) is 26.6 Å². The summed E-state index contributed by atoms with van der Waals surface area (Å²) < 4.78 is 12.2. The van der Waals surface area contributed by atoms with Crippen molar-refractivity contribution in [1.29, 1.82) is 0 Å². The predicted octanol–water partition coefficient (Wildman–Crippen LogP) is 5.89. The predicted molar refractivity (Wildman–Crippen MR) is 109 cm³/mol. The Labute approximate surface area is 159 Å². The number of H-pyrrole nitrogens is 1. The van der Waals surface area contributed by atoms with Crippen molar-refractivity contribution in [3.05, 3.63) is 95.7 Å². The quantitative estimate of drug-likeness (QED) is 0.447. The van der Waals surface area contributed by atoms with E-state index in [4.69, 9.17) is 9.47 Å². The summed E-state index contributed by atoms with van der Waals surface area (Å²) in [5.41, 5.74) is 4.54. The molecule has 0 spiro atoms. The smallest absolute Gasteiger partial charge is 0.163 e. The number of aromatic nitrogens is 1. The molecule has 1 aromatic heterocycles. The Balaban J connectivity index is 1.61. The van der Waals surface area contributed by atoms with Gasteiger partial charge in [-0.3, -0.25) is 0 Å². The standard InChI is InChI=1S/C24H23NO2/c1-2-21-13-20-14-23(26-16-18-9-5-3-6-10-18)24(15-22(20)25-21)27-17-19-11-7-4-8-12-19/h3-15,25H,2,16-17H2,1H3. The van der Waals surface area contributed by atoms with Crippen molar-refractivity contribution < 1.29 is 9.47 Å². The van der Waals surface area contributed by atoms with E-state index in [1.807, 2.05) is 42.5 Å². The van der Waals surface area contributed by atoms with Crippen LogP contribution in [-0.2, 0) is 19.6 Å². The number of aromatic amines is 1. The zero-order chi connectivity index (χ0) is 18.5. The van der Waals surface area contributed by atoms with E-state index < -0.39 is 0 Å². The number of rotatable bonds is 7. The number of nitrogens with one attached hydrogen (secondary N) is 1.